The standard InChI is InChI=1S/C27H38O6/c1-5-6-11-27(31-4)32-16-22(30)26(33-27)13-10-20-19-8-7-17-14-18(28)9-12-24(17,2)23(19)21(29)15-25(20,26)3/h9,12,14,19-21,23,29H,5-8,10-11,13,15-16H2,1-4H3/t19-,20-,21+,23+,24+,25-,26-,27+/m1/s1. The average Bonchev–Trinajstić information content (AvgIpc) is 3.07. The topological polar surface area (TPSA) is 82.1 Å². The molecule has 0 aromatic rings. The molecule has 6 heteroatoms. The normalized spacial score (nSPS) is 48.9. The minimum atomic E-state index is -1.20. The second-order valence-corrected chi connectivity index (χ2v) is 11.4. The molecule has 3 saturated carbocycles. The number of carbonyl (C=O) groups excluding carboxylic acids is 2. The number of aliphatic hydroxyl groups excluding tert-OH is 1. The van der Waals surface area contributed by atoms with Gasteiger partial charge < -0.3 is 19.3 Å². The quantitative estimate of drug-likeness (QED) is 0.683. The number of Topliss-reactive ketones (excluding diaryl/α,β-unsaturated/α-hetero) is 1. The second kappa shape index (κ2) is 7.84. The Morgan fingerprint density at radius 1 is 1.24 bits per heavy atom. The van der Waals surface area contributed by atoms with Crippen molar-refractivity contribution >= 4 is 11.6 Å². The van der Waals surface area contributed by atoms with Gasteiger partial charge in [-0.05, 0) is 62.5 Å². The Morgan fingerprint density at radius 3 is 2.76 bits per heavy atom. The van der Waals surface area contributed by atoms with Crippen LogP contribution >= 0.6 is 0 Å². The number of allylic oxidation sites excluding steroid dienone is 4. The minimum Gasteiger partial charge on any atom is -0.393 e. The Hall–Kier alpha value is -1.34. The first-order valence-corrected chi connectivity index (χ1v) is 12.7. The van der Waals surface area contributed by atoms with Crippen LogP contribution in [0.15, 0.2) is 23.8 Å². The molecular weight excluding hydrogens is 420 g/mol. The summed E-state index contributed by atoms with van der Waals surface area (Å²) in [4.78, 5) is 25.5. The first-order valence-electron chi connectivity index (χ1n) is 12.7. The molecule has 5 rings (SSSR count). The predicted octanol–water partition coefficient (Wildman–Crippen LogP) is 4.11. The molecule has 0 amide bonds. The highest BCUT2D eigenvalue weighted by Crippen LogP contribution is 2.68. The summed E-state index contributed by atoms with van der Waals surface area (Å²) in [5.41, 5.74) is -0.661. The van der Waals surface area contributed by atoms with Crippen LogP contribution in [0.5, 0.6) is 0 Å². The third-order valence-corrected chi connectivity index (χ3v) is 9.97. The van der Waals surface area contributed by atoms with Crippen LogP contribution in [0.3, 0.4) is 0 Å². The Kier molecular flexibility index (Phi) is 5.56. The number of rotatable bonds is 4. The summed E-state index contributed by atoms with van der Waals surface area (Å²) in [5, 5.41) is 11.6. The van der Waals surface area contributed by atoms with E-state index in [0.717, 1.165) is 37.7 Å². The largest absolute Gasteiger partial charge is 0.393 e. The fourth-order valence-electron chi connectivity index (χ4n) is 8.30. The summed E-state index contributed by atoms with van der Waals surface area (Å²) in [7, 11) is 1.59. The van der Waals surface area contributed by atoms with Crippen molar-refractivity contribution in [1.29, 1.82) is 0 Å². The van der Waals surface area contributed by atoms with Crippen LogP contribution in [0, 0.1) is 28.6 Å². The predicted molar refractivity (Wildman–Crippen MR) is 122 cm³/mol. The highest BCUT2D eigenvalue weighted by molar-refractivity contribution is 6.01. The van der Waals surface area contributed by atoms with Gasteiger partial charge in [-0.2, -0.15) is 0 Å². The molecule has 0 aromatic carbocycles. The molecule has 1 heterocycles. The zero-order valence-electron chi connectivity index (χ0n) is 20.4. The maximum absolute atomic E-state index is 13.5. The van der Waals surface area contributed by atoms with E-state index >= 15 is 0 Å². The van der Waals surface area contributed by atoms with Crippen molar-refractivity contribution in [3.05, 3.63) is 23.8 Å². The number of ether oxygens (including phenoxy) is 3. The molecular formula is C27H38O6. The highest BCUT2D eigenvalue weighted by atomic mass is 16.9. The molecule has 8 atom stereocenters. The van der Waals surface area contributed by atoms with Crippen LogP contribution in [0.1, 0.15) is 72.1 Å². The molecule has 0 aromatic heterocycles. The molecule has 4 fully saturated rings. The van der Waals surface area contributed by atoms with Gasteiger partial charge in [0.05, 0.1) is 6.10 Å². The van der Waals surface area contributed by atoms with Crippen molar-refractivity contribution in [3.63, 3.8) is 0 Å². The Morgan fingerprint density at radius 2 is 2.03 bits per heavy atom. The molecule has 182 valence electrons. The first kappa shape index (κ1) is 23.4. The lowest BCUT2D eigenvalue weighted by Gasteiger charge is -2.61. The monoisotopic (exact) mass is 458 g/mol. The van der Waals surface area contributed by atoms with Gasteiger partial charge in [-0.3, -0.25) is 9.59 Å². The number of ketones is 2. The zero-order chi connectivity index (χ0) is 23.6. The Bertz CT molecular complexity index is 908. The first-order chi connectivity index (χ1) is 15.6. The van der Waals surface area contributed by atoms with Crippen molar-refractivity contribution in [2.45, 2.75) is 89.8 Å². The van der Waals surface area contributed by atoms with E-state index in [-0.39, 0.29) is 41.3 Å². The number of fused-ring (bicyclic) bond motifs is 6. The molecule has 33 heavy (non-hydrogen) atoms. The van der Waals surface area contributed by atoms with Crippen LogP contribution in [0.2, 0.25) is 0 Å². The molecule has 6 nitrogen and oxygen atoms in total. The van der Waals surface area contributed by atoms with Crippen LogP contribution in [-0.4, -0.2) is 48.1 Å². The van der Waals surface area contributed by atoms with Crippen LogP contribution in [0.4, 0.5) is 0 Å². The van der Waals surface area contributed by atoms with Crippen LogP contribution < -0.4 is 0 Å². The van der Waals surface area contributed by atoms with Gasteiger partial charge in [0.1, 0.15) is 12.2 Å². The van der Waals surface area contributed by atoms with Gasteiger partial charge in [-0.1, -0.05) is 38.8 Å². The summed E-state index contributed by atoms with van der Waals surface area (Å²) in [6.07, 6.45) is 11.1. The molecule has 1 spiro atoms. The van der Waals surface area contributed by atoms with Crippen molar-refractivity contribution in [2.24, 2.45) is 28.6 Å². The molecule has 1 N–H and O–H groups in total. The van der Waals surface area contributed by atoms with Gasteiger partial charge in [-0.15, -0.1) is 0 Å². The minimum absolute atomic E-state index is 0.0144. The van der Waals surface area contributed by atoms with Gasteiger partial charge in [0.2, 0.25) is 0 Å². The molecule has 4 aliphatic carbocycles. The lowest BCUT2D eigenvalue weighted by Crippen LogP contribution is -2.67. The lowest BCUT2D eigenvalue weighted by atomic mass is 9.46. The molecule has 5 aliphatic rings. The summed E-state index contributed by atoms with van der Waals surface area (Å²) in [6, 6.07) is 0. The number of hydrogen-bond donors (Lipinski definition) is 1. The summed E-state index contributed by atoms with van der Waals surface area (Å²) in [5.74, 6) is -0.613. The third kappa shape index (κ3) is 3.13. The number of methoxy groups -OCH3 is 1. The average molecular weight is 459 g/mol. The number of hydrogen-bond acceptors (Lipinski definition) is 6. The van der Waals surface area contributed by atoms with Gasteiger partial charge in [0.25, 0.3) is 5.97 Å². The number of carbonyl (C=O) groups is 2. The lowest BCUT2D eigenvalue weighted by molar-refractivity contribution is -0.426. The van der Waals surface area contributed by atoms with Crippen molar-refractivity contribution < 1.29 is 28.9 Å². The number of aliphatic hydroxyl groups is 1. The maximum Gasteiger partial charge on any atom is 0.284 e. The van der Waals surface area contributed by atoms with Gasteiger partial charge in [-0.25, -0.2) is 0 Å². The van der Waals surface area contributed by atoms with E-state index in [1.807, 2.05) is 6.08 Å². The van der Waals surface area contributed by atoms with E-state index in [2.05, 4.69) is 20.8 Å². The van der Waals surface area contributed by atoms with Gasteiger partial charge >= 0.3 is 0 Å². The van der Waals surface area contributed by atoms with Crippen LogP contribution in [0.25, 0.3) is 0 Å². The Balaban J connectivity index is 1.51. The van der Waals surface area contributed by atoms with E-state index in [0.29, 0.717) is 19.3 Å². The van der Waals surface area contributed by atoms with Crippen molar-refractivity contribution in [3.8, 4) is 0 Å². The fraction of sp³-hybridized carbons (Fsp3) is 0.778. The van der Waals surface area contributed by atoms with Crippen molar-refractivity contribution in [1.82, 2.24) is 0 Å². The van der Waals surface area contributed by atoms with E-state index in [1.54, 1.807) is 19.3 Å². The SMILES string of the molecule is CCCC[C@]1(OC)OCC(=O)[C@@]2(CC[C@@H]3[C@H]4CCC5=CC(=O)C=C[C@]5(C)[C@@H]4[C@@H](O)C[C@]32C)O1. The van der Waals surface area contributed by atoms with Gasteiger partial charge in [0, 0.05) is 30.3 Å². The van der Waals surface area contributed by atoms with Gasteiger partial charge in [0.15, 0.2) is 11.6 Å². The molecule has 0 bridgehead atoms. The highest BCUT2D eigenvalue weighted by Gasteiger charge is 2.71. The number of unbranched alkanes of at least 4 members (excludes halogenated alkanes) is 1. The third-order valence-electron chi connectivity index (χ3n) is 9.97. The summed E-state index contributed by atoms with van der Waals surface area (Å²) >= 11 is 0. The van der Waals surface area contributed by atoms with Crippen molar-refractivity contribution in [2.75, 3.05) is 13.7 Å². The molecule has 0 radical (unpaired) electrons. The van der Waals surface area contributed by atoms with Crippen LogP contribution in [-0.2, 0) is 23.8 Å². The molecule has 1 saturated heterocycles. The van der Waals surface area contributed by atoms with E-state index in [4.69, 9.17) is 14.2 Å². The Labute approximate surface area is 196 Å². The zero-order valence-corrected chi connectivity index (χ0v) is 20.4. The second-order valence-electron chi connectivity index (χ2n) is 11.4. The fourth-order valence-corrected chi connectivity index (χ4v) is 8.30. The maximum atomic E-state index is 13.5. The van der Waals surface area contributed by atoms with E-state index < -0.39 is 23.1 Å². The summed E-state index contributed by atoms with van der Waals surface area (Å²) < 4.78 is 18.3. The van der Waals surface area contributed by atoms with E-state index in [1.165, 1.54) is 0 Å². The van der Waals surface area contributed by atoms with E-state index in [9.17, 15) is 14.7 Å². The molecule has 1 aliphatic heterocycles. The molecule has 0 unspecified atom stereocenters. The summed E-state index contributed by atoms with van der Waals surface area (Å²) in [6.45, 7) is 6.42. The smallest absolute Gasteiger partial charge is 0.284 e.